The molecule has 1 rings (SSSR count). The molecule has 0 heterocycles. The topological polar surface area (TPSA) is 9.23 Å². The molecule has 0 bridgehead atoms. The second kappa shape index (κ2) is 7.76. The van der Waals surface area contributed by atoms with E-state index in [9.17, 15) is 0 Å². The molecule has 0 amide bonds. The second-order valence-electron chi connectivity index (χ2n) is 2.10. The molecule has 12 heavy (non-hydrogen) atoms. The molecule has 0 aliphatic heterocycles. The zero-order valence-electron chi connectivity index (χ0n) is 7.22. The number of hydrogen-bond acceptors (Lipinski definition) is 1. The fraction of sp³-hybridized carbons (Fsp3) is 0.222. The Labute approximate surface area is 90.5 Å². The minimum absolute atomic E-state index is 0.837. The Morgan fingerprint density at radius 2 is 1.83 bits per heavy atom. The van der Waals surface area contributed by atoms with Crippen LogP contribution in [0.15, 0.2) is 24.3 Å². The first-order valence-corrected chi connectivity index (χ1v) is 10.5. The van der Waals surface area contributed by atoms with Gasteiger partial charge >= 0.3 is 30.0 Å². The van der Waals surface area contributed by atoms with E-state index >= 15 is 0 Å². The number of methoxy groups -OCH3 is 1. The van der Waals surface area contributed by atoms with Crippen LogP contribution in [-0.4, -0.2) is 7.11 Å². The first kappa shape index (κ1) is 12.1. The fourth-order valence-corrected chi connectivity index (χ4v) is 0.792. The normalized spacial score (nSPS) is 8.42. The van der Waals surface area contributed by atoms with Crippen molar-refractivity contribution in [2.75, 3.05) is 7.11 Å². The van der Waals surface area contributed by atoms with Crippen molar-refractivity contribution in [1.29, 1.82) is 0 Å². The molecule has 0 unspecified atom stereocenters. The molecule has 0 spiro atoms. The molecule has 0 saturated heterocycles. The van der Waals surface area contributed by atoms with Crippen LogP contribution in [0.4, 0.5) is 0 Å². The van der Waals surface area contributed by atoms with E-state index in [1.807, 2.05) is 24.3 Å². The third-order valence-electron chi connectivity index (χ3n) is 1.45. The third kappa shape index (κ3) is 4.22. The number of hydrogen-bond donors (Lipinski definition) is 0. The summed E-state index contributed by atoms with van der Waals surface area (Å²) < 4.78 is 4.99. The summed E-state index contributed by atoms with van der Waals surface area (Å²) in [6.07, 6.45) is 0.837. The Hall–Kier alpha value is 0.123. The maximum atomic E-state index is 4.99. The fourth-order valence-electron chi connectivity index (χ4n) is 0.792. The van der Waals surface area contributed by atoms with Gasteiger partial charge in [-0.1, -0.05) is 17.7 Å². The SMILES string of the molecule is [CH2-]Cc1ccc(OC)cc1.[Zn+][Br]. The van der Waals surface area contributed by atoms with Crippen LogP contribution in [0.1, 0.15) is 5.56 Å². The molecule has 0 aliphatic carbocycles. The number of rotatable bonds is 2. The van der Waals surface area contributed by atoms with Crippen LogP contribution in [0.2, 0.25) is 0 Å². The molecule has 0 N–H and O–H groups in total. The third-order valence-corrected chi connectivity index (χ3v) is 1.45. The van der Waals surface area contributed by atoms with Crippen molar-refractivity contribution in [2.24, 2.45) is 0 Å². The molecule has 0 fully saturated rings. The van der Waals surface area contributed by atoms with Crippen molar-refractivity contribution in [2.45, 2.75) is 6.42 Å². The summed E-state index contributed by atoms with van der Waals surface area (Å²) in [5.74, 6) is 0.900. The van der Waals surface area contributed by atoms with Gasteiger partial charge in [0.15, 0.2) is 0 Å². The Kier molecular flexibility index (Phi) is 7.84. The minimum atomic E-state index is 0.837. The zero-order chi connectivity index (χ0) is 9.40. The summed E-state index contributed by atoms with van der Waals surface area (Å²) in [5, 5.41) is 0. The predicted octanol–water partition coefficient (Wildman–Crippen LogP) is 2.91. The maximum absolute atomic E-state index is 4.99. The van der Waals surface area contributed by atoms with E-state index in [1.54, 1.807) is 7.11 Å². The van der Waals surface area contributed by atoms with Crippen molar-refractivity contribution in [3.05, 3.63) is 36.8 Å². The van der Waals surface area contributed by atoms with E-state index in [-0.39, 0.29) is 0 Å². The van der Waals surface area contributed by atoms with E-state index < -0.39 is 0 Å². The van der Waals surface area contributed by atoms with Crippen molar-refractivity contribution in [1.82, 2.24) is 0 Å². The quantitative estimate of drug-likeness (QED) is 0.598. The molecule has 1 aromatic carbocycles. The molecule has 0 radical (unpaired) electrons. The Morgan fingerprint density at radius 3 is 2.17 bits per heavy atom. The van der Waals surface area contributed by atoms with Crippen LogP contribution in [0.3, 0.4) is 0 Å². The first-order valence-electron chi connectivity index (χ1n) is 3.55. The summed E-state index contributed by atoms with van der Waals surface area (Å²) >= 11 is 4.25. The van der Waals surface area contributed by atoms with Crippen LogP contribution in [0.25, 0.3) is 0 Å². The molecule has 62 valence electrons. The Bertz CT molecular complexity index is 175. The molecule has 1 aromatic rings. The van der Waals surface area contributed by atoms with Crippen molar-refractivity contribution in [3.63, 3.8) is 0 Å². The van der Waals surface area contributed by atoms with Gasteiger partial charge in [-0.15, -0.1) is 0 Å². The number of ether oxygens (including phenoxy) is 1. The van der Waals surface area contributed by atoms with Gasteiger partial charge in [0.1, 0.15) is 5.75 Å². The molecule has 0 saturated carbocycles. The molecule has 0 aromatic heterocycles. The van der Waals surface area contributed by atoms with Gasteiger partial charge in [0.25, 0.3) is 0 Å². The molecule has 1 nitrogen and oxygen atoms in total. The molecular weight excluding hydrogens is 269 g/mol. The number of halogens is 1. The summed E-state index contributed by atoms with van der Waals surface area (Å²) in [7, 11) is 1.67. The first-order chi connectivity index (χ1) is 5.86. The average Bonchev–Trinajstić information content (AvgIpc) is 2.21. The standard InChI is InChI=1S/C9H11O.BrH.Zn/c1-3-8-4-6-9(10-2)7-5-8;;/h4-7H,1,3H2,2H3;1H;/q-1;;+2/p-1. The Balaban J connectivity index is 0.000000561. The zero-order valence-corrected chi connectivity index (χ0v) is 11.8. The van der Waals surface area contributed by atoms with Crippen LogP contribution < -0.4 is 4.74 Å². The van der Waals surface area contributed by atoms with Crippen LogP contribution >= 0.6 is 13.6 Å². The van der Waals surface area contributed by atoms with Gasteiger partial charge in [0.2, 0.25) is 0 Å². The van der Waals surface area contributed by atoms with Crippen LogP contribution in [0, 0.1) is 6.92 Å². The van der Waals surface area contributed by atoms with Gasteiger partial charge in [-0.05, 0) is 12.1 Å². The summed E-state index contributed by atoms with van der Waals surface area (Å²) in [4.78, 5) is 0. The predicted molar refractivity (Wildman–Crippen MR) is 51.0 cm³/mol. The van der Waals surface area contributed by atoms with Crippen LogP contribution in [0.5, 0.6) is 5.75 Å². The average molecular weight is 280 g/mol. The van der Waals surface area contributed by atoms with Crippen molar-refractivity contribution < 1.29 is 21.1 Å². The molecule has 3 heteroatoms. The molecule has 0 atom stereocenters. The van der Waals surface area contributed by atoms with Gasteiger partial charge in [0.05, 0.1) is 7.11 Å². The van der Waals surface area contributed by atoms with Gasteiger partial charge in [-0.2, -0.15) is 6.42 Å². The van der Waals surface area contributed by atoms with Gasteiger partial charge in [0, 0.05) is 0 Å². The molecular formula is C9H11BrOZn. The van der Waals surface area contributed by atoms with Crippen LogP contribution in [-0.2, 0) is 22.8 Å². The van der Waals surface area contributed by atoms with Crippen molar-refractivity contribution >= 4 is 13.6 Å². The van der Waals surface area contributed by atoms with Gasteiger partial charge in [-0.3, -0.25) is 0 Å². The van der Waals surface area contributed by atoms with E-state index in [0.717, 1.165) is 12.2 Å². The van der Waals surface area contributed by atoms with Gasteiger partial charge in [-0.25, -0.2) is 0 Å². The summed E-state index contributed by atoms with van der Waals surface area (Å²) in [5.41, 5.74) is 1.24. The van der Waals surface area contributed by atoms with E-state index in [2.05, 4.69) is 20.5 Å². The summed E-state index contributed by atoms with van der Waals surface area (Å²) in [6, 6.07) is 7.93. The van der Waals surface area contributed by atoms with Gasteiger partial charge < -0.3 is 11.7 Å². The summed E-state index contributed by atoms with van der Waals surface area (Å²) in [6.45, 7) is 3.77. The second-order valence-corrected chi connectivity index (χ2v) is 2.10. The van der Waals surface area contributed by atoms with Crippen molar-refractivity contribution in [3.8, 4) is 5.75 Å². The van der Waals surface area contributed by atoms with E-state index in [4.69, 9.17) is 4.74 Å². The monoisotopic (exact) mass is 278 g/mol. The Morgan fingerprint density at radius 1 is 1.33 bits per heavy atom. The van der Waals surface area contributed by atoms with E-state index in [1.165, 1.54) is 21.9 Å². The molecule has 0 aliphatic rings. The van der Waals surface area contributed by atoms with E-state index in [0.29, 0.717) is 0 Å². The number of benzene rings is 1.